The molecule has 0 aliphatic carbocycles. The first kappa shape index (κ1) is 18.4. The van der Waals surface area contributed by atoms with E-state index in [1.807, 2.05) is 6.92 Å². The summed E-state index contributed by atoms with van der Waals surface area (Å²) in [5.41, 5.74) is 1.04. The minimum atomic E-state index is -0.787. The number of aromatic amines is 1. The number of fused-ring (bicyclic) bond motifs is 1. The number of aryl methyl sites for hydroxylation is 1. The predicted octanol–water partition coefficient (Wildman–Crippen LogP) is 1.52. The highest BCUT2D eigenvalue weighted by Gasteiger charge is 2.15. The number of benzene rings is 1. The van der Waals surface area contributed by atoms with Gasteiger partial charge in [0, 0.05) is 23.6 Å². The third kappa shape index (κ3) is 4.41. The van der Waals surface area contributed by atoms with Crippen LogP contribution in [0.25, 0.3) is 11.0 Å². The molecule has 3 rings (SSSR count). The molecule has 0 aliphatic heterocycles. The molecule has 1 aromatic carbocycles. The third-order valence-electron chi connectivity index (χ3n) is 4.04. The maximum absolute atomic E-state index is 12.2. The Labute approximate surface area is 154 Å². The van der Waals surface area contributed by atoms with E-state index in [0.29, 0.717) is 23.4 Å². The number of nitrogens with one attached hydrogen (secondary N) is 2. The minimum absolute atomic E-state index is 0.114. The summed E-state index contributed by atoms with van der Waals surface area (Å²) in [6.45, 7) is 3.67. The summed E-state index contributed by atoms with van der Waals surface area (Å²) in [5, 5.41) is 3.49. The van der Waals surface area contributed by atoms with Gasteiger partial charge in [0.05, 0.1) is 18.6 Å². The number of H-pyrrole nitrogens is 1. The molecular weight excluding hydrogens is 350 g/mol. The van der Waals surface area contributed by atoms with Crippen molar-refractivity contribution in [2.75, 3.05) is 0 Å². The highest BCUT2D eigenvalue weighted by atomic mass is 16.5. The van der Waals surface area contributed by atoms with Crippen molar-refractivity contribution in [1.29, 1.82) is 0 Å². The molecule has 0 bridgehead atoms. The van der Waals surface area contributed by atoms with Crippen LogP contribution < -0.4 is 21.2 Å². The number of ether oxygens (including phenoxy) is 1. The quantitative estimate of drug-likeness (QED) is 0.637. The largest absolute Gasteiger partial charge is 0.481 e. The average Bonchev–Trinajstić information content (AvgIpc) is 2.65. The fourth-order valence-electron chi connectivity index (χ4n) is 2.66. The van der Waals surface area contributed by atoms with Crippen molar-refractivity contribution < 1.29 is 13.9 Å². The van der Waals surface area contributed by atoms with Gasteiger partial charge in [-0.25, -0.2) is 9.78 Å². The first-order valence-electron chi connectivity index (χ1n) is 8.51. The zero-order chi connectivity index (χ0) is 19.4. The average molecular weight is 369 g/mol. The van der Waals surface area contributed by atoms with Crippen LogP contribution in [-0.2, 0) is 17.8 Å². The third-order valence-corrected chi connectivity index (χ3v) is 4.04. The summed E-state index contributed by atoms with van der Waals surface area (Å²) in [4.78, 5) is 41.4. The molecule has 2 N–H and O–H groups in total. The Bertz CT molecular complexity index is 1090. The molecular formula is C19H19N3O5. The lowest BCUT2D eigenvalue weighted by molar-refractivity contribution is -0.127. The van der Waals surface area contributed by atoms with Crippen LogP contribution in [-0.4, -0.2) is 22.0 Å². The fraction of sp³-hybridized carbons (Fsp3) is 0.263. The van der Waals surface area contributed by atoms with E-state index in [1.165, 1.54) is 18.5 Å². The maximum Gasteiger partial charge on any atom is 0.336 e. The van der Waals surface area contributed by atoms with Gasteiger partial charge in [0.25, 0.3) is 11.5 Å². The summed E-state index contributed by atoms with van der Waals surface area (Å²) in [6.07, 6.45) is 1.19. The second-order valence-corrected chi connectivity index (χ2v) is 5.98. The van der Waals surface area contributed by atoms with Gasteiger partial charge in [0.2, 0.25) is 0 Å². The van der Waals surface area contributed by atoms with Crippen LogP contribution >= 0.6 is 0 Å². The fourth-order valence-corrected chi connectivity index (χ4v) is 2.66. The van der Waals surface area contributed by atoms with Gasteiger partial charge >= 0.3 is 5.63 Å². The molecule has 1 atom stereocenters. The van der Waals surface area contributed by atoms with Gasteiger partial charge in [-0.2, -0.15) is 0 Å². The zero-order valence-corrected chi connectivity index (χ0v) is 14.9. The lowest BCUT2D eigenvalue weighted by Crippen LogP contribution is -2.36. The molecule has 0 fully saturated rings. The van der Waals surface area contributed by atoms with Gasteiger partial charge in [-0.3, -0.25) is 9.59 Å². The number of carbonyl (C=O) groups excluding carboxylic acids is 1. The molecule has 8 nitrogen and oxygen atoms in total. The normalized spacial score (nSPS) is 11.9. The number of hydrogen-bond donors (Lipinski definition) is 2. The van der Waals surface area contributed by atoms with Gasteiger partial charge < -0.3 is 19.5 Å². The van der Waals surface area contributed by atoms with Crippen molar-refractivity contribution in [3.8, 4) is 5.75 Å². The second kappa shape index (κ2) is 7.86. The van der Waals surface area contributed by atoms with Crippen LogP contribution in [0.4, 0.5) is 0 Å². The van der Waals surface area contributed by atoms with Gasteiger partial charge in [-0.1, -0.05) is 6.92 Å². The van der Waals surface area contributed by atoms with Gasteiger partial charge in [0.1, 0.15) is 11.3 Å². The molecule has 27 heavy (non-hydrogen) atoms. The van der Waals surface area contributed by atoms with Crippen LogP contribution in [0.2, 0.25) is 0 Å². The van der Waals surface area contributed by atoms with Gasteiger partial charge in [0.15, 0.2) is 6.10 Å². The molecule has 140 valence electrons. The zero-order valence-electron chi connectivity index (χ0n) is 14.9. The predicted molar refractivity (Wildman–Crippen MR) is 98.7 cm³/mol. The number of rotatable bonds is 6. The summed E-state index contributed by atoms with van der Waals surface area (Å²) in [7, 11) is 0. The highest BCUT2D eigenvalue weighted by Crippen LogP contribution is 2.23. The maximum atomic E-state index is 12.2. The van der Waals surface area contributed by atoms with E-state index >= 15 is 0 Å². The standard InChI is InChI=1S/C19H19N3O5/c1-3-12-6-18(24)27-16-8-14(4-5-15(12)16)26-11(2)19(25)20-9-13-7-17(23)22-10-21-13/h4-8,10-11H,3,9H2,1-2H3,(H,20,25)(H,21,22,23). The number of carbonyl (C=O) groups is 1. The Morgan fingerprint density at radius 1 is 1.30 bits per heavy atom. The lowest BCUT2D eigenvalue weighted by atomic mass is 10.1. The van der Waals surface area contributed by atoms with Crippen molar-refractivity contribution in [2.24, 2.45) is 0 Å². The Morgan fingerprint density at radius 3 is 2.85 bits per heavy atom. The summed E-state index contributed by atoms with van der Waals surface area (Å²) in [6, 6.07) is 7.91. The molecule has 2 aromatic heterocycles. The molecule has 0 saturated carbocycles. The number of aromatic nitrogens is 2. The first-order valence-corrected chi connectivity index (χ1v) is 8.51. The van der Waals surface area contributed by atoms with E-state index in [0.717, 1.165) is 10.9 Å². The highest BCUT2D eigenvalue weighted by molar-refractivity contribution is 5.82. The topological polar surface area (TPSA) is 114 Å². The summed E-state index contributed by atoms with van der Waals surface area (Å²) < 4.78 is 10.9. The van der Waals surface area contributed by atoms with E-state index in [1.54, 1.807) is 25.1 Å². The molecule has 2 heterocycles. The molecule has 0 saturated heterocycles. The number of hydrogen-bond acceptors (Lipinski definition) is 6. The molecule has 1 amide bonds. The number of nitrogens with zero attached hydrogens (tertiary/aromatic N) is 1. The molecule has 0 radical (unpaired) electrons. The monoisotopic (exact) mass is 369 g/mol. The van der Waals surface area contributed by atoms with Crippen molar-refractivity contribution in [3.05, 3.63) is 68.7 Å². The van der Waals surface area contributed by atoms with Crippen LogP contribution in [0.5, 0.6) is 5.75 Å². The van der Waals surface area contributed by atoms with Crippen LogP contribution in [0.3, 0.4) is 0 Å². The van der Waals surface area contributed by atoms with Crippen molar-refractivity contribution in [1.82, 2.24) is 15.3 Å². The van der Waals surface area contributed by atoms with Crippen molar-refractivity contribution in [2.45, 2.75) is 32.9 Å². The Balaban J connectivity index is 1.69. The molecule has 8 heteroatoms. The molecule has 3 aromatic rings. The van der Waals surface area contributed by atoms with Crippen LogP contribution in [0.1, 0.15) is 25.1 Å². The SMILES string of the molecule is CCc1cc(=O)oc2cc(OC(C)C(=O)NCc3cc(=O)[nH]cn3)ccc12. The Morgan fingerprint density at radius 2 is 2.11 bits per heavy atom. The molecule has 1 unspecified atom stereocenters. The minimum Gasteiger partial charge on any atom is -0.481 e. The van der Waals surface area contributed by atoms with E-state index in [2.05, 4.69) is 15.3 Å². The molecule has 0 spiro atoms. The Hall–Kier alpha value is -3.42. The van der Waals surface area contributed by atoms with E-state index < -0.39 is 11.7 Å². The molecule has 0 aliphatic rings. The van der Waals surface area contributed by atoms with Crippen molar-refractivity contribution >= 4 is 16.9 Å². The van der Waals surface area contributed by atoms with Crippen LogP contribution in [0, 0.1) is 0 Å². The lowest BCUT2D eigenvalue weighted by Gasteiger charge is -2.15. The number of amides is 1. The Kier molecular flexibility index (Phi) is 5.35. The second-order valence-electron chi connectivity index (χ2n) is 5.98. The van der Waals surface area contributed by atoms with Gasteiger partial charge in [-0.15, -0.1) is 0 Å². The summed E-state index contributed by atoms with van der Waals surface area (Å²) in [5.74, 6) is 0.0526. The van der Waals surface area contributed by atoms with E-state index in [9.17, 15) is 14.4 Å². The summed E-state index contributed by atoms with van der Waals surface area (Å²) >= 11 is 0. The smallest absolute Gasteiger partial charge is 0.336 e. The van der Waals surface area contributed by atoms with E-state index in [4.69, 9.17) is 9.15 Å². The van der Waals surface area contributed by atoms with Crippen molar-refractivity contribution in [3.63, 3.8) is 0 Å². The van der Waals surface area contributed by atoms with Crippen LogP contribution in [0.15, 0.2) is 50.7 Å². The van der Waals surface area contributed by atoms with Gasteiger partial charge in [-0.05, 0) is 31.0 Å². The first-order chi connectivity index (χ1) is 13.0. The van der Waals surface area contributed by atoms with E-state index in [-0.39, 0.29) is 18.0 Å².